The lowest BCUT2D eigenvalue weighted by molar-refractivity contribution is 0.237. The summed E-state index contributed by atoms with van der Waals surface area (Å²) in [4.78, 5) is 4.00. The summed E-state index contributed by atoms with van der Waals surface area (Å²) >= 11 is 0. The van der Waals surface area contributed by atoms with E-state index in [0.29, 0.717) is 11.4 Å². The molecule has 0 bridgehead atoms. The van der Waals surface area contributed by atoms with Gasteiger partial charge in [0.2, 0.25) is 11.7 Å². The minimum absolute atomic E-state index is 0.154. The SMILES string of the molecule is N[C@H](CO)c1nc(-c2ccc(F)cc2)no1. The largest absolute Gasteiger partial charge is 0.394 e. The van der Waals surface area contributed by atoms with E-state index in [1.165, 1.54) is 24.3 Å². The quantitative estimate of drug-likeness (QED) is 0.806. The average molecular weight is 223 g/mol. The highest BCUT2D eigenvalue weighted by molar-refractivity contribution is 5.53. The van der Waals surface area contributed by atoms with E-state index in [1.54, 1.807) is 0 Å². The predicted molar refractivity (Wildman–Crippen MR) is 53.7 cm³/mol. The van der Waals surface area contributed by atoms with E-state index >= 15 is 0 Å². The molecule has 0 radical (unpaired) electrons. The first-order valence-corrected chi connectivity index (χ1v) is 4.66. The van der Waals surface area contributed by atoms with E-state index in [1.807, 2.05) is 0 Å². The highest BCUT2D eigenvalue weighted by atomic mass is 19.1. The van der Waals surface area contributed by atoms with Crippen molar-refractivity contribution in [2.45, 2.75) is 6.04 Å². The first-order chi connectivity index (χ1) is 7.70. The molecule has 0 saturated heterocycles. The number of nitrogens with two attached hydrogens (primary N) is 1. The lowest BCUT2D eigenvalue weighted by Crippen LogP contribution is -2.14. The molecule has 0 aliphatic heterocycles. The number of aliphatic hydroxyl groups is 1. The molecule has 16 heavy (non-hydrogen) atoms. The molecule has 0 spiro atoms. The zero-order chi connectivity index (χ0) is 11.5. The van der Waals surface area contributed by atoms with Gasteiger partial charge in [-0.05, 0) is 24.3 Å². The molecule has 0 amide bonds. The van der Waals surface area contributed by atoms with Gasteiger partial charge >= 0.3 is 0 Å². The Bertz CT molecular complexity index is 469. The lowest BCUT2D eigenvalue weighted by atomic mass is 10.2. The molecule has 0 unspecified atom stereocenters. The third-order valence-electron chi connectivity index (χ3n) is 2.06. The summed E-state index contributed by atoms with van der Waals surface area (Å²) in [5, 5.41) is 12.5. The van der Waals surface area contributed by atoms with E-state index in [2.05, 4.69) is 10.1 Å². The van der Waals surface area contributed by atoms with Crippen LogP contribution in [0.25, 0.3) is 11.4 Å². The Morgan fingerprint density at radius 1 is 1.38 bits per heavy atom. The van der Waals surface area contributed by atoms with Gasteiger partial charge in [-0.15, -0.1) is 0 Å². The van der Waals surface area contributed by atoms with Crippen LogP contribution in [0.5, 0.6) is 0 Å². The monoisotopic (exact) mass is 223 g/mol. The molecular weight excluding hydrogens is 213 g/mol. The Morgan fingerprint density at radius 3 is 2.69 bits per heavy atom. The first kappa shape index (κ1) is 10.7. The van der Waals surface area contributed by atoms with E-state index in [4.69, 9.17) is 15.4 Å². The Balaban J connectivity index is 2.28. The summed E-state index contributed by atoms with van der Waals surface area (Å²) in [5.74, 6) is 0.139. The summed E-state index contributed by atoms with van der Waals surface area (Å²) in [7, 11) is 0. The fourth-order valence-corrected chi connectivity index (χ4v) is 1.18. The van der Waals surface area contributed by atoms with Crippen LogP contribution in [0.4, 0.5) is 4.39 Å². The van der Waals surface area contributed by atoms with Crippen LogP contribution in [-0.4, -0.2) is 21.9 Å². The molecule has 3 N–H and O–H groups in total. The number of hydrogen-bond acceptors (Lipinski definition) is 5. The second kappa shape index (κ2) is 4.38. The van der Waals surface area contributed by atoms with Gasteiger partial charge in [0.05, 0.1) is 6.61 Å². The second-order valence-corrected chi connectivity index (χ2v) is 3.25. The normalized spacial score (nSPS) is 12.7. The Morgan fingerprint density at radius 2 is 2.06 bits per heavy atom. The van der Waals surface area contributed by atoms with Crippen molar-refractivity contribution < 1.29 is 14.0 Å². The van der Waals surface area contributed by atoms with Crippen LogP contribution in [-0.2, 0) is 0 Å². The third kappa shape index (κ3) is 2.07. The van der Waals surface area contributed by atoms with Crippen molar-refractivity contribution in [1.82, 2.24) is 10.1 Å². The lowest BCUT2D eigenvalue weighted by Gasteiger charge is -1.98. The molecule has 0 aliphatic rings. The maximum atomic E-state index is 12.7. The fraction of sp³-hybridized carbons (Fsp3) is 0.200. The number of rotatable bonds is 3. The van der Waals surface area contributed by atoms with E-state index in [0.717, 1.165) is 0 Å². The molecule has 5 nitrogen and oxygen atoms in total. The molecule has 0 aliphatic carbocycles. The van der Waals surface area contributed by atoms with Gasteiger partial charge in [-0.2, -0.15) is 4.98 Å². The van der Waals surface area contributed by atoms with Crippen LogP contribution in [0.3, 0.4) is 0 Å². The number of benzene rings is 1. The molecule has 1 atom stereocenters. The van der Waals surface area contributed by atoms with Crippen molar-refractivity contribution in [3.63, 3.8) is 0 Å². The average Bonchev–Trinajstić information content (AvgIpc) is 2.78. The van der Waals surface area contributed by atoms with E-state index in [-0.39, 0.29) is 18.3 Å². The number of nitrogens with zero attached hydrogens (tertiary/aromatic N) is 2. The summed E-state index contributed by atoms with van der Waals surface area (Å²) in [5.41, 5.74) is 6.13. The van der Waals surface area contributed by atoms with Crippen LogP contribution in [0.15, 0.2) is 28.8 Å². The molecule has 6 heteroatoms. The van der Waals surface area contributed by atoms with Gasteiger partial charge < -0.3 is 15.4 Å². The summed E-state index contributed by atoms with van der Waals surface area (Å²) < 4.78 is 17.5. The molecule has 1 aromatic heterocycles. The smallest absolute Gasteiger partial charge is 0.246 e. The number of aliphatic hydroxyl groups excluding tert-OH is 1. The molecule has 2 rings (SSSR count). The predicted octanol–water partition coefficient (Wildman–Crippen LogP) is 0.868. The molecule has 1 aromatic carbocycles. The van der Waals surface area contributed by atoms with Crippen LogP contribution in [0.1, 0.15) is 11.9 Å². The fourth-order valence-electron chi connectivity index (χ4n) is 1.18. The Kier molecular flexibility index (Phi) is 2.93. The van der Waals surface area contributed by atoms with Crippen LogP contribution in [0, 0.1) is 5.82 Å². The van der Waals surface area contributed by atoms with Gasteiger partial charge in [0.25, 0.3) is 0 Å². The molecule has 1 heterocycles. The minimum atomic E-state index is -0.693. The number of halogens is 1. The van der Waals surface area contributed by atoms with Crippen molar-refractivity contribution in [2.75, 3.05) is 6.61 Å². The standard InChI is InChI=1S/C10H10FN3O2/c11-7-3-1-6(2-4-7)9-13-10(16-14-9)8(12)5-15/h1-4,8,15H,5,12H2/t8-/m1/s1. The van der Waals surface area contributed by atoms with Gasteiger partial charge in [-0.3, -0.25) is 0 Å². The number of hydrogen-bond donors (Lipinski definition) is 2. The highest BCUT2D eigenvalue weighted by Crippen LogP contribution is 2.17. The molecular formula is C10H10FN3O2. The van der Waals surface area contributed by atoms with E-state index < -0.39 is 6.04 Å². The first-order valence-electron chi connectivity index (χ1n) is 4.66. The Hall–Kier alpha value is -1.79. The van der Waals surface area contributed by atoms with Crippen molar-refractivity contribution in [1.29, 1.82) is 0 Å². The van der Waals surface area contributed by atoms with Crippen LogP contribution < -0.4 is 5.73 Å². The summed E-state index contributed by atoms with van der Waals surface area (Å²) in [6, 6.07) is 4.99. The summed E-state index contributed by atoms with van der Waals surface area (Å²) in [6.07, 6.45) is 0. The maximum Gasteiger partial charge on any atom is 0.246 e. The van der Waals surface area contributed by atoms with Crippen molar-refractivity contribution >= 4 is 0 Å². The second-order valence-electron chi connectivity index (χ2n) is 3.25. The Labute approximate surface area is 90.7 Å². The topological polar surface area (TPSA) is 85.2 Å². The molecule has 0 fully saturated rings. The van der Waals surface area contributed by atoms with Gasteiger partial charge in [0.1, 0.15) is 11.9 Å². The zero-order valence-corrected chi connectivity index (χ0v) is 8.30. The van der Waals surface area contributed by atoms with Crippen LogP contribution >= 0.6 is 0 Å². The zero-order valence-electron chi connectivity index (χ0n) is 8.30. The van der Waals surface area contributed by atoms with Crippen molar-refractivity contribution in [2.24, 2.45) is 5.73 Å². The van der Waals surface area contributed by atoms with Gasteiger partial charge in [0, 0.05) is 5.56 Å². The van der Waals surface area contributed by atoms with Crippen molar-refractivity contribution in [3.8, 4) is 11.4 Å². The molecule has 84 valence electrons. The van der Waals surface area contributed by atoms with Gasteiger partial charge in [0.15, 0.2) is 0 Å². The highest BCUT2D eigenvalue weighted by Gasteiger charge is 2.14. The minimum Gasteiger partial charge on any atom is -0.394 e. The molecule has 2 aromatic rings. The summed E-state index contributed by atoms with van der Waals surface area (Å²) in [6.45, 7) is -0.273. The van der Waals surface area contributed by atoms with Crippen LogP contribution in [0.2, 0.25) is 0 Å². The number of aromatic nitrogens is 2. The van der Waals surface area contributed by atoms with Crippen molar-refractivity contribution in [3.05, 3.63) is 36.0 Å². The van der Waals surface area contributed by atoms with Gasteiger partial charge in [-0.1, -0.05) is 5.16 Å². The van der Waals surface area contributed by atoms with Gasteiger partial charge in [-0.25, -0.2) is 4.39 Å². The maximum absolute atomic E-state index is 12.7. The molecule has 0 saturated carbocycles. The van der Waals surface area contributed by atoms with E-state index in [9.17, 15) is 4.39 Å². The third-order valence-corrected chi connectivity index (χ3v) is 2.06.